The van der Waals surface area contributed by atoms with E-state index in [1.165, 1.54) is 18.2 Å². The maximum absolute atomic E-state index is 13.1. The molecule has 0 aliphatic carbocycles. The van der Waals surface area contributed by atoms with Gasteiger partial charge in [-0.3, -0.25) is 9.59 Å². The van der Waals surface area contributed by atoms with Crippen molar-refractivity contribution in [2.24, 2.45) is 5.73 Å². The number of rotatable bonds is 4. The molecule has 0 atom stereocenters. The first-order chi connectivity index (χ1) is 10.9. The molecule has 0 aliphatic heterocycles. The summed E-state index contributed by atoms with van der Waals surface area (Å²) in [5.41, 5.74) is 5.74. The van der Waals surface area contributed by atoms with E-state index in [1.807, 2.05) is 0 Å². The number of hydrogen-bond acceptors (Lipinski definition) is 3. The molecule has 0 spiro atoms. The summed E-state index contributed by atoms with van der Waals surface area (Å²) in [6, 6.07) is 7.19. The van der Waals surface area contributed by atoms with Gasteiger partial charge in [0.1, 0.15) is 0 Å². The Hall–Kier alpha value is -2.51. The fourth-order valence-corrected chi connectivity index (χ4v) is 1.91. The third-order valence-corrected chi connectivity index (χ3v) is 3.20. The van der Waals surface area contributed by atoms with Crippen molar-refractivity contribution in [3.8, 4) is 0 Å². The van der Waals surface area contributed by atoms with E-state index in [2.05, 4.69) is 10.6 Å². The molecule has 0 fully saturated rings. The Kier molecular flexibility index (Phi) is 5.25. The van der Waals surface area contributed by atoms with Gasteiger partial charge in [-0.2, -0.15) is 0 Å². The van der Waals surface area contributed by atoms with E-state index in [0.717, 1.165) is 18.2 Å². The van der Waals surface area contributed by atoms with E-state index in [4.69, 9.17) is 17.3 Å². The van der Waals surface area contributed by atoms with Crippen molar-refractivity contribution in [1.82, 2.24) is 0 Å². The fourth-order valence-electron chi connectivity index (χ4n) is 1.74. The Morgan fingerprint density at radius 2 is 1.78 bits per heavy atom. The Balaban J connectivity index is 2.19. The third-order valence-electron chi connectivity index (χ3n) is 2.87. The molecule has 0 saturated heterocycles. The molecular weight excluding hydrogens is 328 g/mol. The van der Waals surface area contributed by atoms with Gasteiger partial charge in [-0.15, -0.1) is 0 Å². The van der Waals surface area contributed by atoms with Crippen molar-refractivity contribution in [2.45, 2.75) is 0 Å². The molecule has 0 heterocycles. The Bertz CT molecular complexity index is 768. The van der Waals surface area contributed by atoms with E-state index in [1.54, 1.807) is 0 Å². The van der Waals surface area contributed by atoms with Gasteiger partial charge in [0.25, 0.3) is 5.91 Å². The SMILES string of the molecule is NCC(=O)Nc1cc(NC(=O)c2ccc(F)c(F)c2)ccc1Cl. The smallest absolute Gasteiger partial charge is 0.255 e. The van der Waals surface area contributed by atoms with Crippen LogP contribution in [0.5, 0.6) is 0 Å². The van der Waals surface area contributed by atoms with Crippen molar-refractivity contribution < 1.29 is 18.4 Å². The molecule has 2 rings (SSSR count). The zero-order valence-electron chi connectivity index (χ0n) is 11.7. The van der Waals surface area contributed by atoms with Gasteiger partial charge in [0, 0.05) is 11.3 Å². The van der Waals surface area contributed by atoms with Crippen LogP contribution in [-0.2, 0) is 4.79 Å². The predicted octanol–water partition coefficient (Wildman–Crippen LogP) is 2.77. The summed E-state index contributed by atoms with van der Waals surface area (Å²) in [6.07, 6.45) is 0. The summed E-state index contributed by atoms with van der Waals surface area (Å²) >= 11 is 5.93. The molecule has 23 heavy (non-hydrogen) atoms. The minimum absolute atomic E-state index is 0.0496. The molecule has 0 aliphatic rings. The van der Waals surface area contributed by atoms with Crippen molar-refractivity contribution in [3.05, 3.63) is 58.6 Å². The first-order valence-electron chi connectivity index (χ1n) is 6.46. The fraction of sp³-hybridized carbons (Fsp3) is 0.0667. The molecule has 0 unspecified atom stereocenters. The second kappa shape index (κ2) is 7.17. The number of carbonyl (C=O) groups excluding carboxylic acids is 2. The molecule has 0 radical (unpaired) electrons. The van der Waals surface area contributed by atoms with E-state index < -0.39 is 23.4 Å². The summed E-state index contributed by atoms with van der Waals surface area (Å²) in [6.45, 7) is -0.220. The van der Waals surface area contributed by atoms with Crippen molar-refractivity contribution in [2.75, 3.05) is 17.2 Å². The number of hydrogen-bond donors (Lipinski definition) is 3. The Morgan fingerprint density at radius 1 is 1.04 bits per heavy atom. The number of benzene rings is 2. The van der Waals surface area contributed by atoms with E-state index in [0.29, 0.717) is 5.69 Å². The molecule has 0 bridgehead atoms. The molecule has 0 saturated carbocycles. The topological polar surface area (TPSA) is 84.2 Å². The van der Waals surface area contributed by atoms with Crippen molar-refractivity contribution in [3.63, 3.8) is 0 Å². The molecule has 4 N–H and O–H groups in total. The van der Waals surface area contributed by atoms with Crippen LogP contribution in [0.15, 0.2) is 36.4 Å². The molecule has 5 nitrogen and oxygen atoms in total. The maximum Gasteiger partial charge on any atom is 0.255 e. The highest BCUT2D eigenvalue weighted by atomic mass is 35.5. The van der Waals surface area contributed by atoms with E-state index in [-0.39, 0.29) is 22.8 Å². The van der Waals surface area contributed by atoms with Gasteiger partial charge in [0.15, 0.2) is 11.6 Å². The minimum Gasteiger partial charge on any atom is -0.324 e. The summed E-state index contributed by atoms with van der Waals surface area (Å²) in [4.78, 5) is 23.3. The van der Waals surface area contributed by atoms with Crippen molar-refractivity contribution >= 4 is 34.8 Å². The lowest BCUT2D eigenvalue weighted by Gasteiger charge is -2.10. The first kappa shape index (κ1) is 16.9. The standard InChI is InChI=1S/C15H12ClF2N3O2/c16-10-3-2-9(6-13(10)21-14(22)7-19)20-15(23)8-1-4-11(17)12(18)5-8/h1-6H,7,19H2,(H,20,23)(H,21,22). The lowest BCUT2D eigenvalue weighted by atomic mass is 10.2. The summed E-state index contributed by atoms with van der Waals surface area (Å²) in [5.74, 6) is -3.25. The van der Waals surface area contributed by atoms with Crippen LogP contribution in [0.2, 0.25) is 5.02 Å². The lowest BCUT2D eigenvalue weighted by molar-refractivity contribution is -0.114. The number of nitrogens with two attached hydrogens (primary N) is 1. The molecule has 8 heteroatoms. The van der Waals surface area contributed by atoms with Gasteiger partial charge in [-0.05, 0) is 36.4 Å². The maximum atomic E-state index is 13.1. The van der Waals surface area contributed by atoms with Gasteiger partial charge >= 0.3 is 0 Å². The monoisotopic (exact) mass is 339 g/mol. The number of nitrogens with one attached hydrogen (secondary N) is 2. The first-order valence-corrected chi connectivity index (χ1v) is 6.84. The number of anilines is 2. The zero-order chi connectivity index (χ0) is 17.0. The third kappa shape index (κ3) is 4.24. The van der Waals surface area contributed by atoms with Crippen LogP contribution < -0.4 is 16.4 Å². The quantitative estimate of drug-likeness (QED) is 0.800. The van der Waals surface area contributed by atoms with Crippen LogP contribution in [0.25, 0.3) is 0 Å². The molecular formula is C15H12ClF2N3O2. The highest BCUT2D eigenvalue weighted by Crippen LogP contribution is 2.26. The highest BCUT2D eigenvalue weighted by molar-refractivity contribution is 6.33. The molecule has 2 aromatic carbocycles. The second-order valence-electron chi connectivity index (χ2n) is 4.53. The average molecular weight is 340 g/mol. The van der Waals surface area contributed by atoms with Gasteiger partial charge in [-0.25, -0.2) is 8.78 Å². The number of amides is 2. The van der Waals surface area contributed by atoms with Gasteiger partial charge < -0.3 is 16.4 Å². The number of carbonyl (C=O) groups is 2. The number of halogens is 3. The Morgan fingerprint density at radius 3 is 2.43 bits per heavy atom. The van der Waals surface area contributed by atoms with Crippen LogP contribution >= 0.6 is 11.6 Å². The van der Waals surface area contributed by atoms with E-state index >= 15 is 0 Å². The minimum atomic E-state index is -1.12. The molecule has 120 valence electrons. The summed E-state index contributed by atoms with van der Waals surface area (Å²) in [5, 5.41) is 5.23. The Labute approximate surface area is 135 Å². The lowest BCUT2D eigenvalue weighted by Crippen LogP contribution is -2.22. The average Bonchev–Trinajstić information content (AvgIpc) is 2.53. The molecule has 2 aromatic rings. The zero-order valence-corrected chi connectivity index (χ0v) is 12.5. The van der Waals surface area contributed by atoms with Crippen LogP contribution in [0.1, 0.15) is 10.4 Å². The summed E-state index contributed by atoms with van der Waals surface area (Å²) < 4.78 is 26.0. The van der Waals surface area contributed by atoms with Gasteiger partial charge in [0.2, 0.25) is 5.91 Å². The van der Waals surface area contributed by atoms with Crippen LogP contribution in [0, 0.1) is 11.6 Å². The van der Waals surface area contributed by atoms with Crippen LogP contribution in [-0.4, -0.2) is 18.4 Å². The van der Waals surface area contributed by atoms with Crippen molar-refractivity contribution in [1.29, 1.82) is 0 Å². The molecule has 0 aromatic heterocycles. The normalized spacial score (nSPS) is 10.3. The second-order valence-corrected chi connectivity index (χ2v) is 4.94. The molecule has 2 amide bonds. The van der Waals surface area contributed by atoms with E-state index in [9.17, 15) is 18.4 Å². The summed E-state index contributed by atoms with van der Waals surface area (Å²) in [7, 11) is 0. The van der Waals surface area contributed by atoms with Gasteiger partial charge in [0.05, 0.1) is 17.3 Å². The highest BCUT2D eigenvalue weighted by Gasteiger charge is 2.11. The van der Waals surface area contributed by atoms with Crippen LogP contribution in [0.4, 0.5) is 20.2 Å². The van der Waals surface area contributed by atoms with Gasteiger partial charge in [-0.1, -0.05) is 11.6 Å². The van der Waals surface area contributed by atoms with Crippen LogP contribution in [0.3, 0.4) is 0 Å². The largest absolute Gasteiger partial charge is 0.324 e. The predicted molar refractivity (Wildman–Crippen MR) is 83.4 cm³/mol.